The summed E-state index contributed by atoms with van der Waals surface area (Å²) in [6, 6.07) is 12.0. The molecule has 2 aromatic carbocycles. The minimum absolute atomic E-state index is 0.223. The molecule has 0 unspecified atom stereocenters. The molecule has 210 valence electrons. The SMILES string of the molecule is C[Si](C)(C)CCOCOCc1nc2cc(SCc3ccc(Cl)cc3)c(Cl)c(Cl)c2n1COCC[Si](C)(C)C. The Labute approximate surface area is 248 Å². The van der Waals surface area contributed by atoms with Gasteiger partial charge in [-0.3, -0.25) is 0 Å². The number of benzene rings is 2. The number of ether oxygens (including phenoxy) is 3. The first-order valence-electron chi connectivity index (χ1n) is 12.8. The maximum Gasteiger partial charge on any atom is 0.147 e. The lowest BCUT2D eigenvalue weighted by Crippen LogP contribution is -2.22. The minimum atomic E-state index is -1.21. The van der Waals surface area contributed by atoms with E-state index in [4.69, 9.17) is 54.0 Å². The number of nitrogens with zero attached hydrogens (tertiary/aromatic N) is 2. The summed E-state index contributed by atoms with van der Waals surface area (Å²) in [7, 11) is -2.35. The normalized spacial score (nSPS) is 12.6. The topological polar surface area (TPSA) is 45.5 Å². The number of fused-ring (bicyclic) bond motifs is 1. The summed E-state index contributed by atoms with van der Waals surface area (Å²) < 4.78 is 19.6. The lowest BCUT2D eigenvalue weighted by atomic mass is 10.2. The fourth-order valence-corrected chi connectivity index (χ4v) is 6.75. The zero-order valence-electron chi connectivity index (χ0n) is 23.2. The van der Waals surface area contributed by atoms with E-state index in [0.29, 0.717) is 36.6 Å². The Kier molecular flexibility index (Phi) is 12.1. The standard InChI is InChI=1S/C27H39Cl3N2O3SSi2/c1-37(2,3)13-11-33-18-32-24(16-35-19-34-12-14-38(4,5)6)31-22-15-23(25(29)26(30)27(22)32)36-17-20-7-9-21(28)10-8-20/h7-10,15H,11-14,16-19H2,1-6H3. The lowest BCUT2D eigenvalue weighted by molar-refractivity contribution is -0.0609. The Morgan fingerprint density at radius 1 is 0.842 bits per heavy atom. The number of hydrogen-bond donors (Lipinski definition) is 0. The maximum absolute atomic E-state index is 6.85. The van der Waals surface area contributed by atoms with Gasteiger partial charge in [0.2, 0.25) is 0 Å². The Balaban J connectivity index is 1.78. The summed E-state index contributed by atoms with van der Waals surface area (Å²) in [5.74, 6) is 1.48. The van der Waals surface area contributed by atoms with Gasteiger partial charge in [-0.1, -0.05) is 86.2 Å². The summed E-state index contributed by atoms with van der Waals surface area (Å²) >= 11 is 21.3. The van der Waals surface area contributed by atoms with Crippen molar-refractivity contribution in [2.75, 3.05) is 20.0 Å². The molecule has 0 aliphatic carbocycles. The molecule has 11 heteroatoms. The van der Waals surface area contributed by atoms with E-state index in [-0.39, 0.29) is 6.79 Å². The van der Waals surface area contributed by atoms with Crippen LogP contribution in [0, 0.1) is 0 Å². The first kappa shape index (κ1) is 32.0. The smallest absolute Gasteiger partial charge is 0.147 e. The van der Waals surface area contributed by atoms with Crippen LogP contribution < -0.4 is 0 Å². The highest BCUT2D eigenvalue weighted by atomic mass is 35.5. The largest absolute Gasteiger partial charge is 0.361 e. The number of thioether (sulfide) groups is 1. The molecule has 0 spiro atoms. The van der Waals surface area contributed by atoms with Crippen LogP contribution in [-0.2, 0) is 33.3 Å². The molecule has 1 heterocycles. The van der Waals surface area contributed by atoms with Crippen molar-refractivity contribution in [3.63, 3.8) is 0 Å². The quantitative estimate of drug-likeness (QED) is 0.0722. The van der Waals surface area contributed by atoms with Gasteiger partial charge in [-0.05, 0) is 35.9 Å². The monoisotopic (exact) mass is 632 g/mol. The zero-order valence-corrected chi connectivity index (χ0v) is 28.3. The van der Waals surface area contributed by atoms with Crippen LogP contribution in [0.2, 0.25) is 66.4 Å². The van der Waals surface area contributed by atoms with Gasteiger partial charge in [0.15, 0.2) is 0 Å². The number of imidazole rings is 1. The third-order valence-corrected chi connectivity index (χ3v) is 11.6. The van der Waals surface area contributed by atoms with Gasteiger partial charge in [-0.25, -0.2) is 4.98 Å². The molecule has 0 radical (unpaired) electrons. The maximum atomic E-state index is 6.85. The predicted molar refractivity (Wildman–Crippen MR) is 169 cm³/mol. The predicted octanol–water partition coefficient (Wildman–Crippen LogP) is 9.43. The third kappa shape index (κ3) is 10.1. The molecule has 38 heavy (non-hydrogen) atoms. The van der Waals surface area contributed by atoms with Gasteiger partial charge in [0.1, 0.15) is 26.0 Å². The van der Waals surface area contributed by atoms with Crippen LogP contribution in [0.5, 0.6) is 0 Å². The van der Waals surface area contributed by atoms with E-state index >= 15 is 0 Å². The van der Waals surface area contributed by atoms with E-state index in [0.717, 1.165) is 50.2 Å². The van der Waals surface area contributed by atoms with Crippen molar-refractivity contribution in [3.8, 4) is 0 Å². The highest BCUT2D eigenvalue weighted by Crippen LogP contribution is 2.40. The van der Waals surface area contributed by atoms with Crippen molar-refractivity contribution in [1.82, 2.24) is 9.55 Å². The summed E-state index contributed by atoms with van der Waals surface area (Å²) in [5, 5.41) is 1.71. The number of aromatic nitrogens is 2. The fraction of sp³-hybridized carbons (Fsp3) is 0.519. The van der Waals surface area contributed by atoms with Crippen LogP contribution in [-0.4, -0.2) is 45.7 Å². The second-order valence-electron chi connectivity index (χ2n) is 11.8. The zero-order chi connectivity index (χ0) is 27.9. The molecule has 0 aliphatic heterocycles. The van der Waals surface area contributed by atoms with Crippen molar-refractivity contribution in [1.29, 1.82) is 0 Å². The third-order valence-electron chi connectivity index (χ3n) is 5.88. The van der Waals surface area contributed by atoms with Gasteiger partial charge < -0.3 is 18.8 Å². The Morgan fingerprint density at radius 3 is 2.11 bits per heavy atom. The summed E-state index contributed by atoms with van der Waals surface area (Å²) in [6.45, 7) is 16.3. The Morgan fingerprint density at radius 2 is 1.47 bits per heavy atom. The van der Waals surface area contributed by atoms with Crippen LogP contribution in [0.25, 0.3) is 11.0 Å². The van der Waals surface area contributed by atoms with Crippen LogP contribution >= 0.6 is 46.6 Å². The van der Waals surface area contributed by atoms with Gasteiger partial charge in [-0.2, -0.15) is 0 Å². The number of rotatable bonds is 15. The van der Waals surface area contributed by atoms with Crippen LogP contribution in [0.3, 0.4) is 0 Å². The summed E-state index contributed by atoms with van der Waals surface area (Å²) in [4.78, 5) is 5.75. The molecule has 3 rings (SSSR count). The van der Waals surface area contributed by atoms with Crippen molar-refractivity contribution >= 4 is 73.7 Å². The average molecular weight is 634 g/mol. The van der Waals surface area contributed by atoms with E-state index in [2.05, 4.69) is 39.3 Å². The van der Waals surface area contributed by atoms with Gasteiger partial charge in [0.25, 0.3) is 0 Å². The Hall–Kier alpha value is -0.556. The second-order valence-corrected chi connectivity index (χ2v) is 25.2. The van der Waals surface area contributed by atoms with Crippen molar-refractivity contribution in [2.45, 2.75) is 75.4 Å². The molecule has 0 atom stereocenters. The first-order valence-corrected chi connectivity index (χ1v) is 22.3. The fourth-order valence-electron chi connectivity index (χ4n) is 3.51. The van der Waals surface area contributed by atoms with Crippen LogP contribution in [0.15, 0.2) is 35.2 Å². The van der Waals surface area contributed by atoms with Crippen molar-refractivity contribution in [3.05, 3.63) is 56.8 Å². The van der Waals surface area contributed by atoms with Gasteiger partial charge in [0, 0.05) is 45.0 Å². The van der Waals surface area contributed by atoms with E-state index in [9.17, 15) is 0 Å². The van der Waals surface area contributed by atoms with Gasteiger partial charge in [0.05, 0.1) is 21.1 Å². The molecule has 0 fully saturated rings. The second kappa shape index (κ2) is 14.4. The number of halogens is 3. The average Bonchev–Trinajstić information content (AvgIpc) is 3.17. The van der Waals surface area contributed by atoms with Crippen LogP contribution in [0.1, 0.15) is 11.4 Å². The van der Waals surface area contributed by atoms with Gasteiger partial charge in [-0.15, -0.1) is 11.8 Å². The molecule has 0 N–H and O–H groups in total. The summed E-state index contributed by atoms with van der Waals surface area (Å²) in [6.07, 6.45) is 0. The molecule has 0 amide bonds. The van der Waals surface area contributed by atoms with Crippen LogP contribution in [0.4, 0.5) is 0 Å². The van der Waals surface area contributed by atoms with E-state index in [1.54, 1.807) is 11.8 Å². The highest BCUT2D eigenvalue weighted by molar-refractivity contribution is 7.98. The summed E-state index contributed by atoms with van der Waals surface area (Å²) in [5.41, 5.74) is 2.68. The van der Waals surface area contributed by atoms with E-state index in [1.165, 1.54) is 0 Å². The Bertz CT molecular complexity index is 1200. The molecule has 1 aromatic heterocycles. The molecule has 0 aliphatic rings. The lowest BCUT2D eigenvalue weighted by Gasteiger charge is -2.17. The highest BCUT2D eigenvalue weighted by Gasteiger charge is 2.20. The molecule has 5 nitrogen and oxygen atoms in total. The van der Waals surface area contributed by atoms with Crippen molar-refractivity contribution < 1.29 is 14.2 Å². The molecular weight excluding hydrogens is 595 g/mol. The molecule has 0 saturated carbocycles. The molecule has 0 saturated heterocycles. The first-order chi connectivity index (χ1) is 17.8. The van der Waals surface area contributed by atoms with Gasteiger partial charge >= 0.3 is 0 Å². The minimum Gasteiger partial charge on any atom is -0.361 e. The van der Waals surface area contributed by atoms with E-state index in [1.807, 2.05) is 34.9 Å². The molecular formula is C27H39Cl3N2O3SSi2. The number of hydrogen-bond acceptors (Lipinski definition) is 5. The van der Waals surface area contributed by atoms with Crippen molar-refractivity contribution in [2.24, 2.45) is 0 Å². The molecule has 3 aromatic rings. The molecule has 0 bridgehead atoms. The van der Waals surface area contributed by atoms with E-state index < -0.39 is 16.1 Å².